The molecular weight excluding hydrogens is 320 g/mol. The molecule has 136 valence electrons. The molecule has 7 heteroatoms. The summed E-state index contributed by atoms with van der Waals surface area (Å²) in [6.07, 6.45) is 0.378. The van der Waals surface area contributed by atoms with Gasteiger partial charge in [0, 0.05) is 12.7 Å². The fraction of sp³-hybridized carbons (Fsp3) is 0.500. The number of carbonyl (C=O) groups is 3. The first-order valence-corrected chi connectivity index (χ1v) is 8.42. The maximum absolute atomic E-state index is 12.0. The normalized spacial score (nSPS) is 15.8. The number of hydrogen-bond acceptors (Lipinski definition) is 4. The molecule has 4 N–H and O–H groups in total. The summed E-state index contributed by atoms with van der Waals surface area (Å²) in [5.41, 5.74) is 8.52. The summed E-state index contributed by atoms with van der Waals surface area (Å²) in [6.45, 7) is 5.45. The van der Waals surface area contributed by atoms with E-state index < -0.39 is 6.04 Å². The number of nitrogens with zero attached hydrogens (tertiary/aromatic N) is 1. The third-order valence-electron chi connectivity index (χ3n) is 4.50. The molecule has 0 spiro atoms. The van der Waals surface area contributed by atoms with E-state index in [1.807, 2.05) is 39.0 Å². The molecule has 0 saturated carbocycles. The second kappa shape index (κ2) is 7.65. The Morgan fingerprint density at radius 1 is 1.28 bits per heavy atom. The van der Waals surface area contributed by atoms with Crippen LogP contribution in [0.5, 0.6) is 0 Å². The number of anilines is 1. The van der Waals surface area contributed by atoms with Crippen LogP contribution in [0.25, 0.3) is 0 Å². The number of nitrogens with two attached hydrogens (primary N) is 1. The largest absolute Gasteiger partial charge is 0.348 e. The van der Waals surface area contributed by atoms with E-state index in [0.29, 0.717) is 6.42 Å². The smallest absolute Gasteiger partial charge is 0.239 e. The lowest BCUT2D eigenvalue weighted by Gasteiger charge is -2.18. The van der Waals surface area contributed by atoms with Crippen molar-refractivity contribution in [3.63, 3.8) is 0 Å². The van der Waals surface area contributed by atoms with Crippen LogP contribution in [0.15, 0.2) is 18.2 Å². The van der Waals surface area contributed by atoms with Gasteiger partial charge in [-0.2, -0.15) is 0 Å². The van der Waals surface area contributed by atoms with Crippen LogP contribution in [-0.2, 0) is 20.8 Å². The highest BCUT2D eigenvalue weighted by atomic mass is 16.2. The van der Waals surface area contributed by atoms with Crippen molar-refractivity contribution in [3.05, 3.63) is 29.3 Å². The summed E-state index contributed by atoms with van der Waals surface area (Å²) in [6, 6.07) is 4.87. The van der Waals surface area contributed by atoms with Crippen LogP contribution in [0.1, 0.15) is 37.9 Å². The van der Waals surface area contributed by atoms with Gasteiger partial charge in [0.05, 0.1) is 25.0 Å². The van der Waals surface area contributed by atoms with Crippen molar-refractivity contribution >= 4 is 23.4 Å². The highest BCUT2D eigenvalue weighted by Crippen LogP contribution is 2.30. The van der Waals surface area contributed by atoms with Crippen molar-refractivity contribution in [2.75, 3.05) is 18.5 Å². The van der Waals surface area contributed by atoms with Gasteiger partial charge in [-0.1, -0.05) is 26.0 Å². The minimum atomic E-state index is -0.628. The molecular formula is C18H26N4O3. The minimum absolute atomic E-state index is 0.00856. The fourth-order valence-corrected chi connectivity index (χ4v) is 2.72. The molecule has 0 fully saturated rings. The van der Waals surface area contributed by atoms with Crippen LogP contribution in [-0.4, -0.2) is 37.4 Å². The lowest BCUT2D eigenvalue weighted by Crippen LogP contribution is -2.47. The predicted molar refractivity (Wildman–Crippen MR) is 95.9 cm³/mol. The third-order valence-corrected chi connectivity index (χ3v) is 4.50. The molecule has 0 bridgehead atoms. The first kappa shape index (κ1) is 18.9. The van der Waals surface area contributed by atoms with E-state index in [9.17, 15) is 14.4 Å². The van der Waals surface area contributed by atoms with E-state index in [4.69, 9.17) is 5.73 Å². The van der Waals surface area contributed by atoms with E-state index in [1.165, 1.54) is 0 Å². The van der Waals surface area contributed by atoms with Crippen molar-refractivity contribution in [2.24, 2.45) is 11.7 Å². The van der Waals surface area contributed by atoms with Gasteiger partial charge in [-0.3, -0.25) is 14.4 Å². The molecule has 1 aliphatic rings. The molecule has 0 aromatic heterocycles. The second-order valence-electron chi connectivity index (χ2n) is 6.79. The van der Waals surface area contributed by atoms with Gasteiger partial charge in [-0.25, -0.2) is 0 Å². The van der Waals surface area contributed by atoms with Gasteiger partial charge in [0.25, 0.3) is 0 Å². The SMILES string of the molecule is CC(NC(=O)CNC(=O)[C@@H](N)C(C)C)c1ccc2c(c1)CC(=O)N2C. The average Bonchev–Trinajstić information content (AvgIpc) is 2.85. The van der Waals surface area contributed by atoms with Crippen LogP contribution in [0, 0.1) is 5.92 Å². The molecule has 0 radical (unpaired) electrons. The van der Waals surface area contributed by atoms with Gasteiger partial charge in [0.15, 0.2) is 0 Å². The Bertz CT molecular complexity index is 687. The number of likely N-dealkylation sites (N-methyl/N-ethyl adjacent to an activating group) is 1. The predicted octanol–water partition coefficient (Wildman–Crippen LogP) is 0.482. The van der Waals surface area contributed by atoms with E-state index in [0.717, 1.165) is 16.8 Å². The average molecular weight is 346 g/mol. The number of rotatable bonds is 6. The van der Waals surface area contributed by atoms with Gasteiger partial charge >= 0.3 is 0 Å². The molecule has 1 unspecified atom stereocenters. The zero-order valence-corrected chi connectivity index (χ0v) is 15.1. The van der Waals surface area contributed by atoms with Crippen LogP contribution in [0.4, 0.5) is 5.69 Å². The minimum Gasteiger partial charge on any atom is -0.348 e. The zero-order chi connectivity index (χ0) is 18.7. The monoisotopic (exact) mass is 346 g/mol. The summed E-state index contributed by atoms with van der Waals surface area (Å²) in [5, 5.41) is 5.39. The molecule has 0 aliphatic carbocycles. The third kappa shape index (κ3) is 4.36. The standard InChI is InChI=1S/C18H26N4O3/c1-10(2)17(19)18(25)20-9-15(23)21-11(3)12-5-6-14-13(7-12)8-16(24)22(14)4/h5-7,10-11,17H,8-9,19H2,1-4H3,(H,20,25)(H,21,23)/t11?,17-/m0/s1. The number of nitrogens with one attached hydrogen (secondary N) is 2. The van der Waals surface area contributed by atoms with Crippen molar-refractivity contribution < 1.29 is 14.4 Å². The topological polar surface area (TPSA) is 105 Å². The maximum Gasteiger partial charge on any atom is 0.239 e. The van der Waals surface area contributed by atoms with Crippen molar-refractivity contribution in [1.82, 2.24) is 10.6 Å². The summed E-state index contributed by atoms with van der Waals surface area (Å²) in [7, 11) is 1.75. The molecule has 2 atom stereocenters. The van der Waals surface area contributed by atoms with Crippen LogP contribution in [0.3, 0.4) is 0 Å². The first-order chi connectivity index (χ1) is 11.7. The highest BCUT2D eigenvalue weighted by Gasteiger charge is 2.25. The van der Waals surface area contributed by atoms with Gasteiger partial charge in [-0.15, -0.1) is 0 Å². The Morgan fingerprint density at radius 3 is 2.60 bits per heavy atom. The quantitative estimate of drug-likeness (QED) is 0.697. The summed E-state index contributed by atoms with van der Waals surface area (Å²) in [5.74, 6) is -0.551. The number of carbonyl (C=O) groups excluding carboxylic acids is 3. The summed E-state index contributed by atoms with van der Waals surface area (Å²) < 4.78 is 0. The van der Waals surface area contributed by atoms with Gasteiger partial charge in [0.2, 0.25) is 17.7 Å². The molecule has 1 heterocycles. The van der Waals surface area contributed by atoms with E-state index >= 15 is 0 Å². The number of amides is 3. The summed E-state index contributed by atoms with van der Waals surface area (Å²) in [4.78, 5) is 37.2. The Morgan fingerprint density at radius 2 is 1.96 bits per heavy atom. The lowest BCUT2D eigenvalue weighted by atomic mass is 10.0. The highest BCUT2D eigenvalue weighted by molar-refractivity contribution is 6.01. The maximum atomic E-state index is 12.0. The molecule has 7 nitrogen and oxygen atoms in total. The van der Waals surface area contributed by atoms with Gasteiger partial charge < -0.3 is 21.3 Å². The molecule has 1 aromatic rings. The fourth-order valence-electron chi connectivity index (χ4n) is 2.72. The molecule has 25 heavy (non-hydrogen) atoms. The number of hydrogen-bond donors (Lipinski definition) is 3. The lowest BCUT2D eigenvalue weighted by molar-refractivity contribution is -0.127. The van der Waals surface area contributed by atoms with Crippen LogP contribution in [0.2, 0.25) is 0 Å². The molecule has 1 aromatic carbocycles. The van der Waals surface area contributed by atoms with Gasteiger partial charge in [-0.05, 0) is 30.0 Å². The number of benzene rings is 1. The Balaban J connectivity index is 1.91. The van der Waals surface area contributed by atoms with E-state index in [2.05, 4.69) is 10.6 Å². The molecule has 0 saturated heterocycles. The second-order valence-corrected chi connectivity index (χ2v) is 6.79. The van der Waals surface area contributed by atoms with Crippen molar-refractivity contribution in [2.45, 2.75) is 39.3 Å². The van der Waals surface area contributed by atoms with Crippen molar-refractivity contribution in [1.29, 1.82) is 0 Å². The van der Waals surface area contributed by atoms with Gasteiger partial charge in [0.1, 0.15) is 0 Å². The number of fused-ring (bicyclic) bond motifs is 1. The van der Waals surface area contributed by atoms with Crippen LogP contribution >= 0.6 is 0 Å². The Labute approximate surface area is 147 Å². The van der Waals surface area contributed by atoms with Crippen LogP contribution < -0.4 is 21.3 Å². The first-order valence-electron chi connectivity index (χ1n) is 8.42. The molecule has 2 rings (SSSR count). The Hall–Kier alpha value is -2.41. The summed E-state index contributed by atoms with van der Waals surface area (Å²) >= 11 is 0. The molecule has 1 aliphatic heterocycles. The van der Waals surface area contributed by atoms with E-state index in [1.54, 1.807) is 11.9 Å². The Kier molecular flexibility index (Phi) is 5.79. The zero-order valence-electron chi connectivity index (χ0n) is 15.1. The molecule has 3 amide bonds. The van der Waals surface area contributed by atoms with Crippen molar-refractivity contribution in [3.8, 4) is 0 Å². The van der Waals surface area contributed by atoms with E-state index in [-0.39, 0.29) is 36.2 Å².